The lowest BCUT2D eigenvalue weighted by Crippen LogP contribution is -2.49. The lowest BCUT2D eigenvalue weighted by molar-refractivity contribution is -0.184. The van der Waals surface area contributed by atoms with Gasteiger partial charge in [-0.15, -0.1) is 0 Å². The Hall–Kier alpha value is -0.780. The van der Waals surface area contributed by atoms with Crippen LogP contribution in [0.1, 0.15) is 39.5 Å². The summed E-state index contributed by atoms with van der Waals surface area (Å²) in [5, 5.41) is 3.03. The van der Waals surface area contributed by atoms with Crippen LogP contribution in [0, 0.1) is 11.8 Å². The molecule has 1 N–H and O–H groups in total. The molecule has 0 saturated heterocycles. The second-order valence-corrected chi connectivity index (χ2v) is 5.51. The summed E-state index contributed by atoms with van der Waals surface area (Å²) in [5.41, 5.74) is 0. The molecule has 3 atom stereocenters. The summed E-state index contributed by atoms with van der Waals surface area (Å²) in [6.45, 7) is 3.69. The first kappa shape index (κ1) is 16.3. The molecule has 19 heavy (non-hydrogen) atoms. The van der Waals surface area contributed by atoms with E-state index in [-0.39, 0.29) is 24.8 Å². The minimum atomic E-state index is -4.14. The molecule has 6 heteroatoms. The van der Waals surface area contributed by atoms with E-state index < -0.39 is 24.1 Å². The molecule has 112 valence electrons. The van der Waals surface area contributed by atoms with E-state index in [2.05, 4.69) is 10.1 Å². The Balaban J connectivity index is 2.62. The van der Waals surface area contributed by atoms with Crippen LogP contribution < -0.4 is 5.32 Å². The molecule has 0 aromatic heterocycles. The SMILES string of the molecule is COC(=O)C(NC1CCCC(C(F)(F)F)C1)C(C)C. The summed E-state index contributed by atoms with van der Waals surface area (Å²) in [5.74, 6) is -1.69. The molecular formula is C13H22F3NO2. The van der Waals surface area contributed by atoms with Gasteiger partial charge in [0.2, 0.25) is 0 Å². The Bertz CT molecular complexity index is 305. The zero-order valence-corrected chi connectivity index (χ0v) is 11.6. The van der Waals surface area contributed by atoms with Gasteiger partial charge in [0, 0.05) is 6.04 Å². The Morgan fingerprint density at radius 1 is 1.32 bits per heavy atom. The van der Waals surface area contributed by atoms with Crippen molar-refractivity contribution < 1.29 is 22.7 Å². The van der Waals surface area contributed by atoms with Crippen LogP contribution in [0.2, 0.25) is 0 Å². The maximum atomic E-state index is 12.7. The van der Waals surface area contributed by atoms with Gasteiger partial charge in [-0.25, -0.2) is 0 Å². The molecular weight excluding hydrogens is 259 g/mol. The second kappa shape index (κ2) is 6.59. The molecule has 0 spiro atoms. The first-order valence-electron chi connectivity index (χ1n) is 6.66. The van der Waals surface area contributed by atoms with Crippen molar-refractivity contribution in [2.45, 2.75) is 57.8 Å². The highest BCUT2D eigenvalue weighted by Crippen LogP contribution is 2.37. The smallest absolute Gasteiger partial charge is 0.391 e. The van der Waals surface area contributed by atoms with Gasteiger partial charge in [-0.3, -0.25) is 4.79 Å². The maximum absolute atomic E-state index is 12.7. The minimum Gasteiger partial charge on any atom is -0.468 e. The van der Waals surface area contributed by atoms with E-state index in [1.807, 2.05) is 13.8 Å². The number of hydrogen-bond acceptors (Lipinski definition) is 3. The van der Waals surface area contributed by atoms with Crippen LogP contribution in [0.4, 0.5) is 13.2 Å². The van der Waals surface area contributed by atoms with Gasteiger partial charge in [-0.05, 0) is 25.2 Å². The number of methoxy groups -OCH3 is 1. The fourth-order valence-corrected chi connectivity index (χ4v) is 2.55. The summed E-state index contributed by atoms with van der Waals surface area (Å²) in [7, 11) is 1.29. The molecule has 3 unspecified atom stereocenters. The number of carbonyl (C=O) groups excluding carboxylic acids is 1. The molecule has 1 fully saturated rings. The molecule has 1 aliphatic carbocycles. The van der Waals surface area contributed by atoms with Crippen LogP contribution in [0.5, 0.6) is 0 Å². The van der Waals surface area contributed by atoms with E-state index in [1.54, 1.807) is 0 Å². The predicted molar refractivity (Wildman–Crippen MR) is 65.6 cm³/mol. The molecule has 3 nitrogen and oxygen atoms in total. The number of halogens is 3. The average molecular weight is 281 g/mol. The Morgan fingerprint density at radius 2 is 1.95 bits per heavy atom. The molecule has 0 bridgehead atoms. The van der Waals surface area contributed by atoms with Crippen molar-refractivity contribution in [3.63, 3.8) is 0 Å². The first-order chi connectivity index (χ1) is 8.75. The fraction of sp³-hybridized carbons (Fsp3) is 0.923. The van der Waals surface area contributed by atoms with Crippen LogP contribution in [-0.2, 0) is 9.53 Å². The van der Waals surface area contributed by atoms with E-state index in [1.165, 1.54) is 7.11 Å². The normalized spacial score (nSPS) is 26.3. The molecule has 0 aromatic rings. The van der Waals surface area contributed by atoms with Gasteiger partial charge in [-0.2, -0.15) is 13.2 Å². The summed E-state index contributed by atoms with van der Waals surface area (Å²) in [6, 6.07) is -0.811. The summed E-state index contributed by atoms with van der Waals surface area (Å²) < 4.78 is 42.8. The molecule has 1 saturated carbocycles. The number of hydrogen-bond donors (Lipinski definition) is 1. The maximum Gasteiger partial charge on any atom is 0.391 e. The molecule has 0 amide bonds. The topological polar surface area (TPSA) is 38.3 Å². The van der Waals surface area contributed by atoms with Gasteiger partial charge in [0.05, 0.1) is 13.0 Å². The zero-order valence-electron chi connectivity index (χ0n) is 11.6. The van der Waals surface area contributed by atoms with Crippen LogP contribution in [0.3, 0.4) is 0 Å². The van der Waals surface area contributed by atoms with Crippen LogP contribution in [0.15, 0.2) is 0 Å². The number of carbonyl (C=O) groups is 1. The van der Waals surface area contributed by atoms with Gasteiger partial charge in [0.15, 0.2) is 0 Å². The number of esters is 1. The molecule has 0 aliphatic heterocycles. The Labute approximate surface area is 111 Å². The van der Waals surface area contributed by atoms with Crippen molar-refractivity contribution in [2.24, 2.45) is 11.8 Å². The highest BCUT2D eigenvalue weighted by Gasteiger charge is 2.42. The number of rotatable bonds is 4. The quantitative estimate of drug-likeness (QED) is 0.805. The molecule has 0 radical (unpaired) electrons. The van der Waals surface area contributed by atoms with Crippen molar-refractivity contribution in [3.05, 3.63) is 0 Å². The fourth-order valence-electron chi connectivity index (χ4n) is 2.55. The third-order valence-electron chi connectivity index (χ3n) is 3.67. The van der Waals surface area contributed by atoms with E-state index in [0.717, 1.165) is 0 Å². The third kappa shape index (κ3) is 4.67. The third-order valence-corrected chi connectivity index (χ3v) is 3.67. The van der Waals surface area contributed by atoms with Crippen LogP contribution >= 0.6 is 0 Å². The van der Waals surface area contributed by atoms with Gasteiger partial charge in [0.1, 0.15) is 6.04 Å². The largest absolute Gasteiger partial charge is 0.468 e. The van der Waals surface area contributed by atoms with Gasteiger partial charge >= 0.3 is 12.1 Å². The highest BCUT2D eigenvalue weighted by molar-refractivity contribution is 5.75. The number of ether oxygens (including phenoxy) is 1. The van der Waals surface area contributed by atoms with Crippen LogP contribution in [-0.4, -0.2) is 31.3 Å². The van der Waals surface area contributed by atoms with Crippen LogP contribution in [0.25, 0.3) is 0 Å². The van der Waals surface area contributed by atoms with Crippen molar-refractivity contribution in [1.82, 2.24) is 5.32 Å². The standard InChI is InChI=1S/C13H22F3NO2/c1-8(2)11(12(18)19-3)17-10-6-4-5-9(7-10)13(14,15)16/h8-11,17H,4-7H2,1-3H3. The zero-order chi connectivity index (χ0) is 14.6. The van der Waals surface area contributed by atoms with Gasteiger partial charge in [-0.1, -0.05) is 20.3 Å². The summed E-state index contributed by atoms with van der Waals surface area (Å²) in [4.78, 5) is 11.6. The molecule has 0 heterocycles. The lowest BCUT2D eigenvalue weighted by Gasteiger charge is -2.34. The minimum absolute atomic E-state index is 0.0151. The number of alkyl halides is 3. The summed E-state index contributed by atoms with van der Waals surface area (Å²) in [6.07, 6.45) is -2.70. The van der Waals surface area contributed by atoms with Crippen molar-refractivity contribution in [1.29, 1.82) is 0 Å². The Kier molecular flexibility index (Phi) is 5.64. The van der Waals surface area contributed by atoms with E-state index in [9.17, 15) is 18.0 Å². The first-order valence-corrected chi connectivity index (χ1v) is 6.66. The van der Waals surface area contributed by atoms with E-state index in [4.69, 9.17) is 0 Å². The predicted octanol–water partition coefficient (Wildman–Crippen LogP) is 2.89. The second-order valence-electron chi connectivity index (χ2n) is 5.51. The molecule has 0 aromatic carbocycles. The van der Waals surface area contributed by atoms with Gasteiger partial charge < -0.3 is 10.1 Å². The van der Waals surface area contributed by atoms with Gasteiger partial charge in [0.25, 0.3) is 0 Å². The van der Waals surface area contributed by atoms with Crippen molar-refractivity contribution in [3.8, 4) is 0 Å². The highest BCUT2D eigenvalue weighted by atomic mass is 19.4. The molecule has 1 aliphatic rings. The Morgan fingerprint density at radius 3 is 2.42 bits per heavy atom. The average Bonchev–Trinajstić information content (AvgIpc) is 2.34. The van der Waals surface area contributed by atoms with Crippen molar-refractivity contribution in [2.75, 3.05) is 7.11 Å². The summed E-state index contributed by atoms with van der Waals surface area (Å²) >= 11 is 0. The van der Waals surface area contributed by atoms with E-state index in [0.29, 0.717) is 12.8 Å². The monoisotopic (exact) mass is 281 g/mol. The van der Waals surface area contributed by atoms with E-state index >= 15 is 0 Å². The molecule has 1 rings (SSSR count). The van der Waals surface area contributed by atoms with Crippen molar-refractivity contribution >= 4 is 5.97 Å². The number of nitrogens with one attached hydrogen (secondary N) is 1. The lowest BCUT2D eigenvalue weighted by atomic mass is 9.84.